The van der Waals surface area contributed by atoms with E-state index in [0.29, 0.717) is 17.9 Å². The first-order valence-corrected chi connectivity index (χ1v) is 3.30. The monoisotopic (exact) mass is 127 g/mol. The third kappa shape index (κ3) is 0.990. The first-order valence-electron chi connectivity index (χ1n) is 3.30. The Bertz CT molecular complexity index is 122. The lowest BCUT2D eigenvalue weighted by Gasteiger charge is -2.06. The predicted molar refractivity (Wildman–Crippen MR) is 36.2 cm³/mol. The molecular formula is C7H13NO. The summed E-state index contributed by atoms with van der Waals surface area (Å²) >= 11 is 0. The third-order valence-corrected chi connectivity index (χ3v) is 2.15. The zero-order valence-electron chi connectivity index (χ0n) is 6.16. The molecule has 0 heterocycles. The molecule has 52 valence electrons. The van der Waals surface area contributed by atoms with E-state index >= 15 is 0 Å². The van der Waals surface area contributed by atoms with Gasteiger partial charge in [0.05, 0.1) is 0 Å². The summed E-state index contributed by atoms with van der Waals surface area (Å²) in [6, 6.07) is 0.516. The van der Waals surface area contributed by atoms with Gasteiger partial charge in [-0.15, -0.1) is 0 Å². The Kier molecular flexibility index (Phi) is 1.58. The van der Waals surface area contributed by atoms with E-state index < -0.39 is 0 Å². The van der Waals surface area contributed by atoms with Gasteiger partial charge in [0, 0.05) is 12.0 Å². The molecule has 0 bridgehead atoms. The third-order valence-electron chi connectivity index (χ3n) is 2.15. The minimum Gasteiger partial charge on any atom is -0.305 e. The average molecular weight is 127 g/mol. The van der Waals surface area contributed by atoms with Crippen LogP contribution in [-0.2, 0) is 4.79 Å². The molecule has 0 unspecified atom stereocenters. The van der Waals surface area contributed by atoms with Gasteiger partial charge in [-0.2, -0.15) is 0 Å². The van der Waals surface area contributed by atoms with E-state index in [9.17, 15) is 4.79 Å². The van der Waals surface area contributed by atoms with Gasteiger partial charge in [-0.05, 0) is 20.0 Å². The summed E-state index contributed by atoms with van der Waals surface area (Å²) in [7, 11) is 4.04. The van der Waals surface area contributed by atoms with E-state index in [1.54, 1.807) is 0 Å². The molecule has 0 spiro atoms. The Balaban J connectivity index is 2.41. The van der Waals surface area contributed by atoms with Crippen LogP contribution in [0.15, 0.2) is 0 Å². The van der Waals surface area contributed by atoms with Crippen LogP contribution in [0.3, 0.4) is 0 Å². The maximum absolute atomic E-state index is 10.3. The summed E-state index contributed by atoms with van der Waals surface area (Å²) in [5.41, 5.74) is 0. The fourth-order valence-electron chi connectivity index (χ4n) is 1.49. The van der Waals surface area contributed by atoms with Gasteiger partial charge < -0.3 is 9.69 Å². The summed E-state index contributed by atoms with van der Waals surface area (Å²) in [5.74, 6) is 0.887. The van der Waals surface area contributed by atoms with E-state index in [1.807, 2.05) is 14.1 Å². The van der Waals surface area contributed by atoms with Crippen LogP contribution in [0.2, 0.25) is 0 Å². The van der Waals surface area contributed by atoms with Crippen LogP contribution in [0.1, 0.15) is 6.92 Å². The summed E-state index contributed by atoms with van der Waals surface area (Å²) in [5, 5.41) is 0. The van der Waals surface area contributed by atoms with Gasteiger partial charge in [-0.25, -0.2) is 0 Å². The quantitative estimate of drug-likeness (QED) is 0.500. The number of hydrogen-bond donors (Lipinski definition) is 0. The second kappa shape index (κ2) is 2.10. The Hall–Kier alpha value is -0.370. The van der Waals surface area contributed by atoms with Gasteiger partial charge >= 0.3 is 0 Å². The van der Waals surface area contributed by atoms with E-state index in [1.165, 1.54) is 0 Å². The highest BCUT2D eigenvalue weighted by Gasteiger charge is 2.47. The van der Waals surface area contributed by atoms with E-state index in [2.05, 4.69) is 11.8 Å². The molecule has 1 fully saturated rings. The smallest absolute Gasteiger partial charge is 0.124 e. The number of nitrogens with zero attached hydrogens (tertiary/aromatic N) is 1. The lowest BCUT2D eigenvalue weighted by atomic mass is 10.4. The number of carbonyl (C=O) groups is 1. The van der Waals surface area contributed by atoms with Crippen LogP contribution in [0.4, 0.5) is 0 Å². The lowest BCUT2D eigenvalue weighted by molar-refractivity contribution is -0.109. The molecule has 0 amide bonds. The van der Waals surface area contributed by atoms with Crippen molar-refractivity contribution in [2.45, 2.75) is 13.0 Å². The van der Waals surface area contributed by atoms with Crippen molar-refractivity contribution >= 4 is 6.29 Å². The molecule has 1 rings (SSSR count). The van der Waals surface area contributed by atoms with Gasteiger partial charge in [0.15, 0.2) is 0 Å². The molecule has 0 saturated heterocycles. The highest BCUT2D eigenvalue weighted by Crippen LogP contribution is 2.39. The Morgan fingerprint density at radius 2 is 2.00 bits per heavy atom. The highest BCUT2D eigenvalue weighted by molar-refractivity contribution is 5.60. The van der Waals surface area contributed by atoms with E-state index in [-0.39, 0.29) is 0 Å². The molecule has 2 nitrogen and oxygen atoms in total. The van der Waals surface area contributed by atoms with Crippen molar-refractivity contribution in [3.8, 4) is 0 Å². The SMILES string of the molecule is C[C@H]1[C@H](C=O)[C@H]1N(C)C. The lowest BCUT2D eigenvalue weighted by Crippen LogP contribution is -2.17. The Morgan fingerprint density at radius 1 is 1.44 bits per heavy atom. The minimum atomic E-state index is 0.306. The molecule has 0 aromatic carbocycles. The van der Waals surface area contributed by atoms with Crippen molar-refractivity contribution in [3.63, 3.8) is 0 Å². The first-order chi connectivity index (χ1) is 4.18. The van der Waals surface area contributed by atoms with Crippen molar-refractivity contribution in [1.82, 2.24) is 4.90 Å². The molecule has 0 aromatic rings. The Morgan fingerprint density at radius 3 is 2.11 bits per heavy atom. The summed E-state index contributed by atoms with van der Waals surface area (Å²) < 4.78 is 0. The van der Waals surface area contributed by atoms with Crippen LogP contribution >= 0.6 is 0 Å². The first kappa shape index (κ1) is 6.75. The van der Waals surface area contributed by atoms with Gasteiger partial charge in [-0.3, -0.25) is 0 Å². The van der Waals surface area contributed by atoms with Gasteiger partial charge in [-0.1, -0.05) is 6.92 Å². The Labute approximate surface area is 55.8 Å². The zero-order valence-corrected chi connectivity index (χ0v) is 6.16. The van der Waals surface area contributed by atoms with Gasteiger partial charge in [0.2, 0.25) is 0 Å². The largest absolute Gasteiger partial charge is 0.305 e. The molecule has 0 aliphatic heterocycles. The normalized spacial score (nSPS) is 41.1. The maximum Gasteiger partial charge on any atom is 0.124 e. The molecule has 1 aliphatic rings. The topological polar surface area (TPSA) is 20.3 Å². The van der Waals surface area contributed by atoms with E-state index in [4.69, 9.17) is 0 Å². The fraction of sp³-hybridized carbons (Fsp3) is 0.857. The number of aldehydes is 1. The minimum absolute atomic E-state index is 0.306. The van der Waals surface area contributed by atoms with Gasteiger partial charge in [0.25, 0.3) is 0 Å². The highest BCUT2D eigenvalue weighted by atomic mass is 16.1. The molecule has 3 atom stereocenters. The maximum atomic E-state index is 10.3. The predicted octanol–water partition coefficient (Wildman–Crippen LogP) is 0.381. The molecular weight excluding hydrogens is 114 g/mol. The average Bonchev–Trinajstić information content (AvgIpc) is 2.40. The van der Waals surface area contributed by atoms with Crippen molar-refractivity contribution < 1.29 is 4.79 Å². The molecule has 1 saturated carbocycles. The van der Waals surface area contributed by atoms with Crippen molar-refractivity contribution in [1.29, 1.82) is 0 Å². The van der Waals surface area contributed by atoms with Crippen LogP contribution in [0, 0.1) is 11.8 Å². The molecule has 1 aliphatic carbocycles. The molecule has 2 heteroatoms. The zero-order chi connectivity index (χ0) is 7.02. The summed E-state index contributed by atoms with van der Waals surface area (Å²) in [6.07, 6.45) is 1.06. The standard InChI is InChI=1S/C7H13NO/c1-5-6(4-9)7(5)8(2)3/h4-7H,1-3H3/t5-,6-,7-/m0/s1. The second-order valence-electron chi connectivity index (χ2n) is 3.03. The van der Waals surface area contributed by atoms with Gasteiger partial charge in [0.1, 0.15) is 6.29 Å². The summed E-state index contributed by atoms with van der Waals surface area (Å²) in [4.78, 5) is 12.4. The van der Waals surface area contributed by atoms with Crippen LogP contribution < -0.4 is 0 Å². The fourth-order valence-corrected chi connectivity index (χ4v) is 1.49. The molecule has 0 radical (unpaired) electrons. The van der Waals surface area contributed by atoms with Crippen molar-refractivity contribution in [2.75, 3.05) is 14.1 Å². The van der Waals surface area contributed by atoms with Crippen LogP contribution in [0.25, 0.3) is 0 Å². The van der Waals surface area contributed by atoms with E-state index in [0.717, 1.165) is 6.29 Å². The van der Waals surface area contributed by atoms with Crippen molar-refractivity contribution in [3.05, 3.63) is 0 Å². The van der Waals surface area contributed by atoms with Crippen LogP contribution in [0.5, 0.6) is 0 Å². The number of rotatable bonds is 2. The number of carbonyl (C=O) groups excluding carboxylic acids is 1. The summed E-state index contributed by atoms with van der Waals surface area (Å²) in [6.45, 7) is 2.11. The van der Waals surface area contributed by atoms with Crippen molar-refractivity contribution in [2.24, 2.45) is 11.8 Å². The molecule has 0 aromatic heterocycles. The van der Waals surface area contributed by atoms with Crippen LogP contribution in [-0.4, -0.2) is 31.3 Å². The molecule has 9 heavy (non-hydrogen) atoms. The molecule has 0 N–H and O–H groups in total. The second-order valence-corrected chi connectivity index (χ2v) is 3.03. The number of hydrogen-bond acceptors (Lipinski definition) is 2.